The SMILES string of the molecule is C=C[C@@]1(c2ccccc2F)CC(CF)OC(N)=N1. The van der Waals surface area contributed by atoms with E-state index in [4.69, 9.17) is 10.5 Å². The third kappa shape index (κ3) is 2.08. The van der Waals surface area contributed by atoms with E-state index in [2.05, 4.69) is 11.6 Å². The van der Waals surface area contributed by atoms with E-state index in [1.165, 1.54) is 12.1 Å². The first-order valence-electron chi connectivity index (χ1n) is 5.58. The molecule has 0 amide bonds. The topological polar surface area (TPSA) is 47.6 Å². The molecule has 1 aliphatic heterocycles. The second-order valence-corrected chi connectivity index (χ2v) is 4.16. The van der Waals surface area contributed by atoms with E-state index < -0.39 is 24.1 Å². The molecule has 0 saturated heterocycles. The van der Waals surface area contributed by atoms with Crippen molar-refractivity contribution in [3.05, 3.63) is 48.3 Å². The van der Waals surface area contributed by atoms with Crippen LogP contribution in [0.4, 0.5) is 8.78 Å². The fourth-order valence-electron chi connectivity index (χ4n) is 2.14. The standard InChI is InChI=1S/C13H14F2N2O/c1-2-13(10-5-3-4-6-11(10)15)7-9(8-14)18-12(16)17-13/h2-6,9H,1,7-8H2,(H2,16,17)/t9?,13-/m0/s1. The van der Waals surface area contributed by atoms with Crippen molar-refractivity contribution in [3.8, 4) is 0 Å². The molecule has 1 unspecified atom stereocenters. The summed E-state index contributed by atoms with van der Waals surface area (Å²) < 4.78 is 31.7. The molecule has 1 heterocycles. The Hall–Kier alpha value is -1.91. The molecular weight excluding hydrogens is 238 g/mol. The van der Waals surface area contributed by atoms with Gasteiger partial charge in [0.1, 0.15) is 24.1 Å². The van der Waals surface area contributed by atoms with E-state index in [9.17, 15) is 8.78 Å². The van der Waals surface area contributed by atoms with Crippen LogP contribution in [0, 0.1) is 5.82 Å². The molecule has 1 aromatic rings. The number of hydrogen-bond acceptors (Lipinski definition) is 3. The maximum atomic E-state index is 13.9. The molecule has 0 fully saturated rings. The maximum absolute atomic E-state index is 13.9. The molecule has 0 spiro atoms. The van der Waals surface area contributed by atoms with Gasteiger partial charge in [0.05, 0.1) is 0 Å². The quantitative estimate of drug-likeness (QED) is 0.839. The van der Waals surface area contributed by atoms with Gasteiger partial charge in [0.25, 0.3) is 6.02 Å². The first kappa shape index (κ1) is 12.5. The third-order valence-electron chi connectivity index (χ3n) is 2.99. The number of rotatable bonds is 3. The van der Waals surface area contributed by atoms with Gasteiger partial charge in [-0.1, -0.05) is 24.3 Å². The summed E-state index contributed by atoms with van der Waals surface area (Å²) in [6.07, 6.45) is 0.915. The van der Waals surface area contributed by atoms with Crippen molar-refractivity contribution in [1.82, 2.24) is 0 Å². The van der Waals surface area contributed by atoms with Crippen molar-refractivity contribution in [3.63, 3.8) is 0 Å². The Morgan fingerprint density at radius 1 is 1.56 bits per heavy atom. The number of ether oxygens (including phenoxy) is 1. The zero-order valence-corrected chi connectivity index (χ0v) is 9.77. The van der Waals surface area contributed by atoms with Crippen molar-refractivity contribution in [2.45, 2.75) is 18.1 Å². The summed E-state index contributed by atoms with van der Waals surface area (Å²) in [5.41, 5.74) is 4.79. The van der Waals surface area contributed by atoms with Crippen molar-refractivity contribution < 1.29 is 13.5 Å². The Bertz CT molecular complexity index is 490. The number of alkyl halides is 1. The first-order chi connectivity index (χ1) is 8.61. The number of hydrogen-bond donors (Lipinski definition) is 1. The lowest BCUT2D eigenvalue weighted by Crippen LogP contribution is -2.41. The van der Waals surface area contributed by atoms with E-state index in [1.807, 2.05) is 0 Å². The molecule has 3 nitrogen and oxygen atoms in total. The van der Waals surface area contributed by atoms with E-state index in [1.54, 1.807) is 18.2 Å². The number of nitrogens with two attached hydrogens (primary N) is 1. The van der Waals surface area contributed by atoms with Crippen molar-refractivity contribution in [2.75, 3.05) is 6.67 Å². The predicted molar refractivity (Wildman–Crippen MR) is 65.4 cm³/mol. The second-order valence-electron chi connectivity index (χ2n) is 4.16. The van der Waals surface area contributed by atoms with Gasteiger partial charge in [-0.25, -0.2) is 13.8 Å². The van der Waals surface area contributed by atoms with Gasteiger partial charge in [0.15, 0.2) is 0 Å². The molecule has 96 valence electrons. The van der Waals surface area contributed by atoms with Crippen LogP contribution in [0.15, 0.2) is 41.9 Å². The summed E-state index contributed by atoms with van der Waals surface area (Å²) >= 11 is 0. The molecule has 0 aromatic heterocycles. The van der Waals surface area contributed by atoms with Crippen LogP contribution in [-0.4, -0.2) is 18.8 Å². The summed E-state index contributed by atoms with van der Waals surface area (Å²) in [4.78, 5) is 4.11. The first-order valence-corrected chi connectivity index (χ1v) is 5.58. The number of nitrogens with zero attached hydrogens (tertiary/aromatic N) is 1. The summed E-state index contributed by atoms with van der Waals surface area (Å²) in [7, 11) is 0. The zero-order valence-electron chi connectivity index (χ0n) is 9.77. The van der Waals surface area contributed by atoms with E-state index in [-0.39, 0.29) is 12.4 Å². The molecule has 2 atom stereocenters. The van der Waals surface area contributed by atoms with Crippen LogP contribution in [0.5, 0.6) is 0 Å². The Morgan fingerprint density at radius 3 is 2.89 bits per heavy atom. The second kappa shape index (κ2) is 4.76. The minimum atomic E-state index is -1.07. The highest BCUT2D eigenvalue weighted by molar-refractivity contribution is 5.73. The largest absolute Gasteiger partial charge is 0.459 e. The van der Waals surface area contributed by atoms with Gasteiger partial charge in [-0.05, 0) is 6.07 Å². The van der Waals surface area contributed by atoms with E-state index >= 15 is 0 Å². The van der Waals surface area contributed by atoms with E-state index in [0.29, 0.717) is 5.56 Å². The van der Waals surface area contributed by atoms with Crippen LogP contribution in [0.1, 0.15) is 12.0 Å². The lowest BCUT2D eigenvalue weighted by molar-refractivity contribution is 0.101. The van der Waals surface area contributed by atoms with Crippen LogP contribution < -0.4 is 5.73 Å². The maximum Gasteiger partial charge on any atom is 0.283 e. The third-order valence-corrected chi connectivity index (χ3v) is 2.99. The van der Waals surface area contributed by atoms with Crippen molar-refractivity contribution >= 4 is 6.02 Å². The molecule has 5 heteroatoms. The summed E-state index contributed by atoms with van der Waals surface area (Å²) in [6, 6.07) is 6.04. The average Bonchev–Trinajstić information content (AvgIpc) is 2.38. The fraction of sp³-hybridized carbons (Fsp3) is 0.308. The van der Waals surface area contributed by atoms with Gasteiger partial charge in [-0.3, -0.25) is 0 Å². The minimum Gasteiger partial charge on any atom is -0.459 e. The smallest absolute Gasteiger partial charge is 0.283 e. The molecule has 0 bridgehead atoms. The lowest BCUT2D eigenvalue weighted by Gasteiger charge is -2.34. The number of halogens is 2. The van der Waals surface area contributed by atoms with Crippen LogP contribution >= 0.6 is 0 Å². The summed E-state index contributed by atoms with van der Waals surface area (Å²) in [5.74, 6) is -0.423. The molecule has 2 N–H and O–H groups in total. The fourth-order valence-corrected chi connectivity index (χ4v) is 2.14. The lowest BCUT2D eigenvalue weighted by atomic mass is 9.84. The summed E-state index contributed by atoms with van der Waals surface area (Å²) in [6.45, 7) is 2.96. The molecule has 0 aliphatic carbocycles. The van der Waals surface area contributed by atoms with E-state index in [0.717, 1.165) is 0 Å². The molecule has 0 saturated carbocycles. The predicted octanol–water partition coefficient (Wildman–Crippen LogP) is 2.28. The van der Waals surface area contributed by atoms with Crippen LogP contribution in [0.2, 0.25) is 0 Å². The number of aliphatic imine (C=N–C) groups is 1. The molecule has 0 radical (unpaired) electrons. The summed E-state index contributed by atoms with van der Waals surface area (Å²) in [5, 5.41) is 0. The monoisotopic (exact) mass is 252 g/mol. The van der Waals surface area contributed by atoms with Crippen LogP contribution in [0.3, 0.4) is 0 Å². The van der Waals surface area contributed by atoms with Gasteiger partial charge in [0, 0.05) is 12.0 Å². The Labute approximate surface area is 104 Å². The van der Waals surface area contributed by atoms with Crippen LogP contribution in [-0.2, 0) is 10.3 Å². The highest BCUT2D eigenvalue weighted by Gasteiger charge is 2.38. The highest BCUT2D eigenvalue weighted by Crippen LogP contribution is 2.37. The molecular formula is C13H14F2N2O. The van der Waals surface area contributed by atoms with Gasteiger partial charge in [-0.2, -0.15) is 0 Å². The van der Waals surface area contributed by atoms with Gasteiger partial charge in [0.2, 0.25) is 0 Å². The Balaban J connectivity index is 2.52. The zero-order chi connectivity index (χ0) is 13.2. The number of amidine groups is 1. The van der Waals surface area contributed by atoms with Crippen molar-refractivity contribution in [2.24, 2.45) is 10.7 Å². The number of benzene rings is 1. The highest BCUT2D eigenvalue weighted by atomic mass is 19.1. The molecule has 1 aliphatic rings. The minimum absolute atomic E-state index is 0.146. The van der Waals surface area contributed by atoms with Gasteiger partial charge >= 0.3 is 0 Å². The average molecular weight is 252 g/mol. The Kier molecular flexibility index (Phi) is 3.32. The van der Waals surface area contributed by atoms with Gasteiger partial charge < -0.3 is 10.5 Å². The van der Waals surface area contributed by atoms with Gasteiger partial charge in [-0.15, -0.1) is 6.58 Å². The molecule has 1 aromatic carbocycles. The molecule has 18 heavy (non-hydrogen) atoms. The van der Waals surface area contributed by atoms with Crippen LogP contribution in [0.25, 0.3) is 0 Å². The normalized spacial score (nSPS) is 27.2. The molecule has 2 rings (SSSR count). The van der Waals surface area contributed by atoms with Crippen molar-refractivity contribution in [1.29, 1.82) is 0 Å². The Morgan fingerprint density at radius 2 is 2.28 bits per heavy atom.